The average Bonchev–Trinajstić information content (AvgIpc) is 3.27. The minimum absolute atomic E-state index is 0.0280. The van der Waals surface area contributed by atoms with Gasteiger partial charge >= 0.3 is 0 Å². The Hall–Kier alpha value is -2.66. The summed E-state index contributed by atoms with van der Waals surface area (Å²) in [5.41, 5.74) is 2.64. The molecule has 2 aromatic carbocycles. The van der Waals surface area contributed by atoms with Crippen molar-refractivity contribution in [2.24, 2.45) is 0 Å². The first kappa shape index (κ1) is 16.8. The second-order valence-corrected chi connectivity index (χ2v) is 7.60. The van der Waals surface area contributed by atoms with Crippen LogP contribution in [0.25, 0.3) is 21.7 Å². The number of carbonyl (C=O) groups is 1. The number of furan rings is 1. The number of aromatic nitrogens is 1. The van der Waals surface area contributed by atoms with Crippen LogP contribution < -0.4 is 5.32 Å². The fourth-order valence-electron chi connectivity index (χ4n) is 3.10. The van der Waals surface area contributed by atoms with Crippen LogP contribution in [0.5, 0.6) is 0 Å². The van der Waals surface area contributed by atoms with Crippen molar-refractivity contribution in [3.8, 4) is 0 Å². The normalized spacial score (nSPS) is 11.5. The Morgan fingerprint density at radius 1 is 1.23 bits per heavy atom. The highest BCUT2D eigenvalue weighted by Gasteiger charge is 2.13. The fraction of sp³-hybridized carbons (Fsp3) is 0.238. The molecule has 1 N–H and O–H groups in total. The molecule has 0 saturated carbocycles. The first-order chi connectivity index (χ1) is 12.6. The second kappa shape index (κ2) is 6.92. The Morgan fingerprint density at radius 2 is 2.08 bits per heavy atom. The summed E-state index contributed by atoms with van der Waals surface area (Å²) < 4.78 is 5.66. The van der Waals surface area contributed by atoms with Gasteiger partial charge in [0.15, 0.2) is 0 Å². The Morgan fingerprint density at radius 3 is 2.88 bits per heavy atom. The van der Waals surface area contributed by atoms with E-state index in [1.165, 1.54) is 0 Å². The molecule has 2 aromatic heterocycles. The van der Waals surface area contributed by atoms with Crippen LogP contribution in [0.2, 0.25) is 0 Å². The molecule has 4 nitrogen and oxygen atoms in total. The molecular weight excluding hydrogens is 344 g/mol. The number of hydrogen-bond acceptors (Lipinski definition) is 4. The van der Waals surface area contributed by atoms with Gasteiger partial charge in [-0.15, -0.1) is 11.3 Å². The van der Waals surface area contributed by atoms with Crippen molar-refractivity contribution in [1.29, 1.82) is 0 Å². The quantitative estimate of drug-likeness (QED) is 0.541. The van der Waals surface area contributed by atoms with Gasteiger partial charge in [0.25, 0.3) is 0 Å². The lowest BCUT2D eigenvalue weighted by Gasteiger charge is -2.04. The van der Waals surface area contributed by atoms with E-state index in [9.17, 15) is 4.79 Å². The zero-order valence-corrected chi connectivity index (χ0v) is 15.6. The molecule has 0 bridgehead atoms. The van der Waals surface area contributed by atoms with Crippen molar-refractivity contribution in [2.75, 3.05) is 0 Å². The van der Waals surface area contributed by atoms with Gasteiger partial charge in [-0.3, -0.25) is 4.79 Å². The summed E-state index contributed by atoms with van der Waals surface area (Å²) in [6.07, 6.45) is 1.98. The maximum absolute atomic E-state index is 12.4. The van der Waals surface area contributed by atoms with Crippen LogP contribution in [0.15, 0.2) is 52.5 Å². The molecule has 4 rings (SSSR count). The third-order valence-electron chi connectivity index (χ3n) is 4.42. The number of hydrogen-bond donors (Lipinski definition) is 1. The lowest BCUT2D eigenvalue weighted by Crippen LogP contribution is -2.24. The topological polar surface area (TPSA) is 55.1 Å². The number of rotatable bonds is 5. The van der Waals surface area contributed by atoms with Crippen molar-refractivity contribution in [3.63, 3.8) is 0 Å². The smallest absolute Gasteiger partial charge is 0.224 e. The van der Waals surface area contributed by atoms with E-state index in [1.807, 2.05) is 29.6 Å². The highest BCUT2D eigenvalue weighted by molar-refractivity contribution is 7.09. The van der Waals surface area contributed by atoms with E-state index in [-0.39, 0.29) is 5.91 Å². The third kappa shape index (κ3) is 3.22. The van der Waals surface area contributed by atoms with Crippen molar-refractivity contribution < 1.29 is 9.21 Å². The highest BCUT2D eigenvalue weighted by atomic mass is 32.1. The number of fused-ring (bicyclic) bond motifs is 3. The molecular formula is C21H20N2O2S. The Kier molecular flexibility index (Phi) is 4.47. The van der Waals surface area contributed by atoms with E-state index in [4.69, 9.17) is 4.42 Å². The molecule has 0 atom stereocenters. The number of carbonyl (C=O) groups excluding carboxylic acids is 1. The van der Waals surface area contributed by atoms with Crippen molar-refractivity contribution in [1.82, 2.24) is 10.3 Å². The van der Waals surface area contributed by atoms with Gasteiger partial charge in [-0.1, -0.05) is 44.2 Å². The fourth-order valence-corrected chi connectivity index (χ4v) is 3.93. The number of nitrogens with one attached hydrogen (secondary N) is 1. The average molecular weight is 364 g/mol. The predicted molar refractivity (Wildman–Crippen MR) is 105 cm³/mol. The summed E-state index contributed by atoms with van der Waals surface area (Å²) in [6.45, 7) is 4.70. The minimum Gasteiger partial charge on any atom is -0.464 e. The van der Waals surface area contributed by atoms with Gasteiger partial charge in [-0.25, -0.2) is 4.98 Å². The van der Waals surface area contributed by atoms with Crippen LogP contribution in [0.1, 0.15) is 36.0 Å². The Bertz CT molecular complexity index is 1080. The molecule has 2 heterocycles. The van der Waals surface area contributed by atoms with Crippen LogP contribution in [0.4, 0.5) is 0 Å². The first-order valence-corrected chi connectivity index (χ1v) is 9.58. The van der Waals surface area contributed by atoms with Gasteiger partial charge in [0.2, 0.25) is 5.91 Å². The number of amides is 1. The molecule has 4 aromatic rings. The van der Waals surface area contributed by atoms with Crippen molar-refractivity contribution in [2.45, 2.75) is 32.7 Å². The SMILES string of the molecule is CC(C)c1nc(CNC(=O)Cc2coc3ccc4ccccc4c23)cs1. The van der Waals surface area contributed by atoms with Gasteiger partial charge in [0, 0.05) is 22.2 Å². The lowest BCUT2D eigenvalue weighted by molar-refractivity contribution is -0.120. The minimum atomic E-state index is -0.0280. The molecule has 1 amide bonds. The van der Waals surface area contributed by atoms with Gasteiger partial charge in [-0.2, -0.15) is 0 Å². The molecule has 0 aliphatic heterocycles. The summed E-state index contributed by atoms with van der Waals surface area (Å²) >= 11 is 1.64. The first-order valence-electron chi connectivity index (χ1n) is 8.70. The van der Waals surface area contributed by atoms with Crippen molar-refractivity contribution >= 4 is 39.0 Å². The third-order valence-corrected chi connectivity index (χ3v) is 5.62. The molecule has 0 unspecified atom stereocenters. The van der Waals surface area contributed by atoms with Crippen LogP contribution in [-0.4, -0.2) is 10.9 Å². The summed E-state index contributed by atoms with van der Waals surface area (Å²) in [5, 5.41) is 9.36. The Labute approximate surface area is 155 Å². The Balaban J connectivity index is 1.51. The van der Waals surface area contributed by atoms with Crippen LogP contribution in [0, 0.1) is 0 Å². The summed E-state index contributed by atoms with van der Waals surface area (Å²) in [7, 11) is 0. The zero-order valence-electron chi connectivity index (χ0n) is 14.8. The molecule has 5 heteroatoms. The van der Waals surface area contributed by atoms with Gasteiger partial charge < -0.3 is 9.73 Å². The van der Waals surface area contributed by atoms with E-state index in [1.54, 1.807) is 17.6 Å². The highest BCUT2D eigenvalue weighted by Crippen LogP contribution is 2.30. The standard InChI is InChI=1S/C21H20N2O2S/c1-13(2)21-23-16(12-26-21)10-22-19(24)9-15-11-25-18-8-7-14-5-3-4-6-17(14)20(15)18/h3-8,11-13H,9-10H2,1-2H3,(H,22,24). The molecule has 0 aliphatic carbocycles. The number of nitrogens with zero attached hydrogens (tertiary/aromatic N) is 1. The monoisotopic (exact) mass is 364 g/mol. The van der Waals surface area contributed by atoms with Crippen LogP contribution >= 0.6 is 11.3 Å². The van der Waals surface area contributed by atoms with E-state index in [2.05, 4.69) is 36.3 Å². The molecule has 0 fully saturated rings. The van der Waals surface area contributed by atoms with E-state index < -0.39 is 0 Å². The molecule has 132 valence electrons. The maximum Gasteiger partial charge on any atom is 0.224 e. The largest absolute Gasteiger partial charge is 0.464 e. The maximum atomic E-state index is 12.4. The van der Waals surface area contributed by atoms with E-state index in [0.717, 1.165) is 38.0 Å². The summed E-state index contributed by atoms with van der Waals surface area (Å²) in [5.74, 6) is 0.384. The summed E-state index contributed by atoms with van der Waals surface area (Å²) in [4.78, 5) is 17.0. The van der Waals surface area contributed by atoms with Crippen molar-refractivity contribution in [3.05, 3.63) is 64.3 Å². The van der Waals surface area contributed by atoms with Gasteiger partial charge in [-0.05, 0) is 16.8 Å². The lowest BCUT2D eigenvalue weighted by atomic mass is 10.0. The molecule has 0 saturated heterocycles. The zero-order chi connectivity index (χ0) is 18.1. The molecule has 26 heavy (non-hydrogen) atoms. The van der Waals surface area contributed by atoms with E-state index >= 15 is 0 Å². The molecule has 0 spiro atoms. The summed E-state index contributed by atoms with van der Waals surface area (Å²) in [6, 6.07) is 12.2. The number of benzene rings is 2. The van der Waals surface area contributed by atoms with Crippen LogP contribution in [-0.2, 0) is 17.8 Å². The second-order valence-electron chi connectivity index (χ2n) is 6.71. The molecule has 0 radical (unpaired) electrons. The van der Waals surface area contributed by atoms with E-state index in [0.29, 0.717) is 18.9 Å². The van der Waals surface area contributed by atoms with Gasteiger partial charge in [0.05, 0.1) is 29.9 Å². The van der Waals surface area contributed by atoms with Gasteiger partial charge in [0.1, 0.15) is 5.58 Å². The molecule has 0 aliphatic rings. The predicted octanol–water partition coefficient (Wildman–Crippen LogP) is 5.02. The number of thiazole rings is 1. The van der Waals surface area contributed by atoms with Crippen LogP contribution in [0.3, 0.4) is 0 Å².